The zero-order valence-electron chi connectivity index (χ0n) is 15.4. The quantitative estimate of drug-likeness (QED) is 0.665. The molecular weight excluding hydrogens is 378 g/mol. The fourth-order valence-electron chi connectivity index (χ4n) is 3.24. The molecule has 3 N–H and O–H groups in total. The molecule has 0 bridgehead atoms. The van der Waals surface area contributed by atoms with Crippen molar-refractivity contribution >= 4 is 23.4 Å². The minimum absolute atomic E-state index is 0.0364. The summed E-state index contributed by atoms with van der Waals surface area (Å²) in [6.45, 7) is 1.11. The van der Waals surface area contributed by atoms with Gasteiger partial charge in [0.25, 0.3) is 5.91 Å². The molecule has 4 rings (SSSR count). The zero-order valence-corrected chi connectivity index (χ0v) is 15.4. The third-order valence-electron chi connectivity index (χ3n) is 4.76. The predicted octanol–water partition coefficient (Wildman–Crippen LogP) is 0.977. The van der Waals surface area contributed by atoms with Crippen molar-refractivity contribution in [1.82, 2.24) is 10.9 Å². The Balaban J connectivity index is 1.36. The highest BCUT2D eigenvalue weighted by molar-refractivity contribution is 6.01. The Morgan fingerprint density at radius 3 is 2.48 bits per heavy atom. The molecule has 3 amide bonds. The largest absolute Gasteiger partial charge is 0.508 e. The summed E-state index contributed by atoms with van der Waals surface area (Å²) in [6, 6.07) is 10.8. The fourth-order valence-corrected chi connectivity index (χ4v) is 3.24. The number of rotatable bonds is 3. The maximum Gasteiger partial charge on any atom is 0.269 e. The zero-order chi connectivity index (χ0) is 20.4. The number of phenolic OH excluding ortho intramolecular Hbond substituents is 1. The van der Waals surface area contributed by atoms with E-state index in [-0.39, 0.29) is 30.2 Å². The number of anilines is 1. The normalized spacial score (nSPS) is 17.7. The van der Waals surface area contributed by atoms with E-state index in [1.165, 1.54) is 29.2 Å². The molecule has 9 heteroatoms. The van der Waals surface area contributed by atoms with Crippen LogP contribution in [0.5, 0.6) is 17.2 Å². The van der Waals surface area contributed by atoms with Crippen molar-refractivity contribution in [2.45, 2.75) is 6.42 Å². The van der Waals surface area contributed by atoms with E-state index in [0.717, 1.165) is 0 Å². The summed E-state index contributed by atoms with van der Waals surface area (Å²) in [7, 11) is 0. The van der Waals surface area contributed by atoms with Crippen LogP contribution in [0.3, 0.4) is 0 Å². The second-order valence-electron chi connectivity index (χ2n) is 6.72. The maximum atomic E-state index is 12.4. The molecule has 1 saturated heterocycles. The van der Waals surface area contributed by atoms with Gasteiger partial charge in [0.05, 0.1) is 5.92 Å². The first kappa shape index (κ1) is 18.6. The molecule has 0 radical (unpaired) electrons. The van der Waals surface area contributed by atoms with Gasteiger partial charge in [-0.3, -0.25) is 25.2 Å². The molecule has 2 heterocycles. The van der Waals surface area contributed by atoms with Crippen LogP contribution in [0.25, 0.3) is 0 Å². The highest BCUT2D eigenvalue weighted by atomic mass is 16.6. The first-order chi connectivity index (χ1) is 14.0. The highest BCUT2D eigenvalue weighted by Gasteiger charge is 2.35. The molecule has 1 fully saturated rings. The van der Waals surface area contributed by atoms with Gasteiger partial charge in [-0.2, -0.15) is 0 Å². The molecule has 29 heavy (non-hydrogen) atoms. The van der Waals surface area contributed by atoms with Gasteiger partial charge >= 0.3 is 0 Å². The lowest BCUT2D eigenvalue weighted by Crippen LogP contribution is -2.45. The molecule has 2 aliphatic rings. The number of phenols is 1. The molecule has 9 nitrogen and oxygen atoms in total. The lowest BCUT2D eigenvalue weighted by atomic mass is 10.1. The first-order valence-electron chi connectivity index (χ1n) is 9.10. The smallest absolute Gasteiger partial charge is 0.269 e. The minimum atomic E-state index is -0.601. The van der Waals surface area contributed by atoms with Crippen LogP contribution in [-0.2, 0) is 9.59 Å². The Morgan fingerprint density at radius 1 is 1.00 bits per heavy atom. The van der Waals surface area contributed by atoms with Gasteiger partial charge in [-0.1, -0.05) is 0 Å². The van der Waals surface area contributed by atoms with Crippen LogP contribution >= 0.6 is 0 Å². The summed E-state index contributed by atoms with van der Waals surface area (Å²) in [5.74, 6) is -0.540. The number of hydrazine groups is 1. The number of nitrogens with one attached hydrogen (secondary N) is 2. The van der Waals surface area contributed by atoms with Gasteiger partial charge in [-0.25, -0.2) is 0 Å². The molecular formula is C20H19N3O6. The van der Waals surface area contributed by atoms with E-state index < -0.39 is 17.7 Å². The molecule has 0 aromatic heterocycles. The van der Waals surface area contributed by atoms with Gasteiger partial charge in [0.15, 0.2) is 11.5 Å². The topological polar surface area (TPSA) is 117 Å². The predicted molar refractivity (Wildman–Crippen MR) is 102 cm³/mol. The average molecular weight is 397 g/mol. The van der Waals surface area contributed by atoms with Crippen LogP contribution in [0.1, 0.15) is 16.8 Å². The van der Waals surface area contributed by atoms with Crippen molar-refractivity contribution in [1.29, 1.82) is 0 Å². The van der Waals surface area contributed by atoms with Gasteiger partial charge in [0, 0.05) is 30.3 Å². The number of amides is 3. The van der Waals surface area contributed by atoms with Crippen molar-refractivity contribution in [3.8, 4) is 17.2 Å². The second-order valence-corrected chi connectivity index (χ2v) is 6.72. The van der Waals surface area contributed by atoms with Crippen molar-refractivity contribution < 1.29 is 29.0 Å². The standard InChI is InChI=1S/C20H19N3O6/c24-15-4-1-12(2-5-15)19(26)21-22-20(27)13-9-18(25)23(11-13)14-3-6-16-17(10-14)29-8-7-28-16/h1-6,10,13,24H,7-9,11H2,(H,21,26)(H,22,27). The lowest BCUT2D eigenvalue weighted by Gasteiger charge is -2.22. The number of carbonyl (C=O) groups excluding carboxylic acids is 3. The fraction of sp³-hybridized carbons (Fsp3) is 0.250. The van der Waals surface area contributed by atoms with Gasteiger partial charge in [-0.05, 0) is 36.4 Å². The molecule has 0 spiro atoms. The van der Waals surface area contributed by atoms with E-state index in [4.69, 9.17) is 9.47 Å². The summed E-state index contributed by atoms with van der Waals surface area (Å²) in [5.41, 5.74) is 5.58. The Bertz CT molecular complexity index is 959. The number of hydrogen-bond donors (Lipinski definition) is 3. The van der Waals surface area contributed by atoms with Crippen LogP contribution in [0, 0.1) is 5.92 Å². The van der Waals surface area contributed by atoms with Gasteiger partial charge < -0.3 is 19.5 Å². The summed E-state index contributed by atoms with van der Waals surface area (Å²) in [6.07, 6.45) is 0.0371. The molecule has 0 saturated carbocycles. The molecule has 150 valence electrons. The van der Waals surface area contributed by atoms with E-state index in [1.807, 2.05) is 0 Å². The number of benzene rings is 2. The Morgan fingerprint density at radius 2 is 1.72 bits per heavy atom. The van der Waals surface area contributed by atoms with Crippen molar-refractivity contribution in [2.75, 3.05) is 24.7 Å². The molecule has 1 atom stereocenters. The average Bonchev–Trinajstić information content (AvgIpc) is 3.13. The van der Waals surface area contributed by atoms with Crippen LogP contribution in [0.15, 0.2) is 42.5 Å². The summed E-state index contributed by atoms with van der Waals surface area (Å²) in [5, 5.41) is 9.26. The summed E-state index contributed by atoms with van der Waals surface area (Å²) in [4.78, 5) is 38.4. The number of ether oxygens (including phenoxy) is 2. The van der Waals surface area contributed by atoms with Gasteiger partial charge in [0.1, 0.15) is 19.0 Å². The van der Waals surface area contributed by atoms with Crippen molar-refractivity contribution in [2.24, 2.45) is 5.92 Å². The molecule has 2 aromatic rings. The van der Waals surface area contributed by atoms with Gasteiger partial charge in [-0.15, -0.1) is 0 Å². The van der Waals surface area contributed by atoms with Crippen LogP contribution in [-0.4, -0.2) is 42.6 Å². The summed E-state index contributed by atoms with van der Waals surface area (Å²) >= 11 is 0. The number of fused-ring (bicyclic) bond motifs is 1. The SMILES string of the molecule is O=C(NNC(=O)C1CC(=O)N(c2ccc3c(c2)OCCO3)C1)c1ccc(O)cc1. The number of aromatic hydroxyl groups is 1. The molecule has 0 aliphatic carbocycles. The van der Waals surface area contributed by atoms with E-state index in [0.29, 0.717) is 30.4 Å². The number of hydrogen-bond acceptors (Lipinski definition) is 6. The molecule has 2 aliphatic heterocycles. The molecule has 1 unspecified atom stereocenters. The highest BCUT2D eigenvalue weighted by Crippen LogP contribution is 2.35. The minimum Gasteiger partial charge on any atom is -0.508 e. The number of nitrogens with zero attached hydrogens (tertiary/aromatic N) is 1. The number of carbonyl (C=O) groups is 3. The molecule has 2 aromatic carbocycles. The van der Waals surface area contributed by atoms with Gasteiger partial charge in [0.2, 0.25) is 11.8 Å². The third-order valence-corrected chi connectivity index (χ3v) is 4.76. The van der Waals surface area contributed by atoms with Crippen LogP contribution in [0.4, 0.5) is 5.69 Å². The van der Waals surface area contributed by atoms with Crippen molar-refractivity contribution in [3.63, 3.8) is 0 Å². The Kier molecular flexibility index (Phi) is 4.94. The van der Waals surface area contributed by atoms with E-state index in [2.05, 4.69) is 10.9 Å². The first-order valence-corrected chi connectivity index (χ1v) is 9.10. The Labute approximate surface area is 166 Å². The second kappa shape index (κ2) is 7.70. The third kappa shape index (κ3) is 3.93. The van der Waals surface area contributed by atoms with E-state index in [1.54, 1.807) is 18.2 Å². The monoisotopic (exact) mass is 397 g/mol. The Hall–Kier alpha value is -3.75. The lowest BCUT2D eigenvalue weighted by molar-refractivity contribution is -0.126. The van der Waals surface area contributed by atoms with Crippen LogP contribution in [0.2, 0.25) is 0 Å². The summed E-state index contributed by atoms with van der Waals surface area (Å²) < 4.78 is 11.0. The van der Waals surface area contributed by atoms with E-state index >= 15 is 0 Å². The maximum absolute atomic E-state index is 12.4. The van der Waals surface area contributed by atoms with Crippen LogP contribution < -0.4 is 25.2 Å². The van der Waals surface area contributed by atoms with E-state index in [9.17, 15) is 19.5 Å². The van der Waals surface area contributed by atoms with Crippen molar-refractivity contribution in [3.05, 3.63) is 48.0 Å².